The van der Waals surface area contributed by atoms with Crippen molar-refractivity contribution in [1.82, 2.24) is 4.90 Å². The van der Waals surface area contributed by atoms with Gasteiger partial charge in [0.25, 0.3) is 0 Å². The van der Waals surface area contributed by atoms with Crippen LogP contribution >= 0.6 is 11.6 Å². The van der Waals surface area contributed by atoms with E-state index < -0.39 is 17.6 Å². The predicted octanol–water partition coefficient (Wildman–Crippen LogP) is 2.76. The van der Waals surface area contributed by atoms with E-state index in [-0.39, 0.29) is 16.3 Å². The van der Waals surface area contributed by atoms with Gasteiger partial charge in [0.2, 0.25) is 5.24 Å². The van der Waals surface area contributed by atoms with Gasteiger partial charge in [-0.1, -0.05) is 13.8 Å². The van der Waals surface area contributed by atoms with Crippen LogP contribution in [0, 0.1) is 0 Å². The highest BCUT2D eigenvalue weighted by Crippen LogP contribution is 2.29. The van der Waals surface area contributed by atoms with E-state index in [1.807, 2.05) is 0 Å². The molecule has 0 aromatic rings. The maximum absolute atomic E-state index is 11.3. The monoisotopic (exact) mass is 459 g/mol. The van der Waals surface area contributed by atoms with E-state index in [1.54, 1.807) is 42.7 Å². The van der Waals surface area contributed by atoms with Crippen molar-refractivity contribution in [2.45, 2.75) is 44.2 Å². The van der Waals surface area contributed by atoms with E-state index in [9.17, 15) is 4.79 Å². The molecule has 0 N–H and O–H groups in total. The lowest BCUT2D eigenvalue weighted by molar-refractivity contribution is -0.112. The van der Waals surface area contributed by atoms with E-state index in [2.05, 4.69) is 18.7 Å². The van der Waals surface area contributed by atoms with E-state index in [1.165, 1.54) is 0 Å². The molecule has 0 aliphatic carbocycles. The molecule has 2 atom stereocenters. The number of nitrogens with zero attached hydrogens (tertiary/aromatic N) is 1. The van der Waals surface area contributed by atoms with Crippen LogP contribution in [0.2, 0.25) is 11.1 Å². The molecule has 0 aliphatic rings. The minimum Gasteiger partial charge on any atom is -0.377 e. The molecule has 2 unspecified atom stereocenters. The quantitative estimate of drug-likeness (QED) is 0.243. The third kappa shape index (κ3) is 8.09. The maximum Gasteiger partial charge on any atom is 0.503 e. The average Bonchev–Trinajstić information content (AvgIpc) is 2.70. The molecule has 28 heavy (non-hydrogen) atoms. The van der Waals surface area contributed by atoms with Gasteiger partial charge in [-0.3, -0.25) is 4.79 Å². The second-order valence-electron chi connectivity index (χ2n) is 6.76. The fourth-order valence-corrected chi connectivity index (χ4v) is 7.86. The third-order valence-corrected chi connectivity index (χ3v) is 11.9. The molecule has 0 saturated heterocycles. The maximum atomic E-state index is 11.3. The Morgan fingerprint density at radius 2 is 1.07 bits per heavy atom. The van der Waals surface area contributed by atoms with Crippen molar-refractivity contribution >= 4 is 34.5 Å². The fourth-order valence-electron chi connectivity index (χ4n) is 3.39. The minimum absolute atomic E-state index is 0.115. The summed E-state index contributed by atoms with van der Waals surface area (Å²) in [7, 11) is 4.31. The van der Waals surface area contributed by atoms with Gasteiger partial charge in [-0.2, -0.15) is 0 Å². The van der Waals surface area contributed by atoms with Crippen molar-refractivity contribution in [2.75, 3.05) is 62.3 Å². The molecule has 0 amide bonds. The molecule has 8 nitrogen and oxygen atoms in total. The fraction of sp³-hybridized carbons (Fsp3) is 0.941. The number of carbonyl (C=O) groups excluding carboxylic acids is 1. The molecule has 0 aliphatic heterocycles. The summed E-state index contributed by atoms with van der Waals surface area (Å²) in [5.41, 5.74) is 0.231. The van der Waals surface area contributed by atoms with Crippen molar-refractivity contribution in [3.8, 4) is 0 Å². The summed E-state index contributed by atoms with van der Waals surface area (Å²) in [6.07, 6.45) is 1.93. The number of hydrogen-bond donors (Lipinski definition) is 0. The smallest absolute Gasteiger partial charge is 0.377 e. The summed E-state index contributed by atoms with van der Waals surface area (Å²) < 4.78 is 33.4. The first-order valence-corrected chi connectivity index (χ1v) is 13.4. The van der Waals surface area contributed by atoms with Gasteiger partial charge in [0, 0.05) is 66.7 Å². The Balaban J connectivity index is 4.97. The molecule has 0 saturated carbocycles. The van der Waals surface area contributed by atoms with Gasteiger partial charge in [0.1, 0.15) is 0 Å². The molecule has 0 bridgehead atoms. The SMILES string of the molecule is CO[Si](OC)(OC)C(C)CCN(CCC(=O)Cl)CCC(C)[Si](OC)(OC)OC. The van der Waals surface area contributed by atoms with Crippen LogP contribution in [-0.2, 0) is 31.4 Å². The Bertz CT molecular complexity index is 393. The first-order chi connectivity index (χ1) is 13.2. The van der Waals surface area contributed by atoms with E-state index >= 15 is 0 Å². The summed E-state index contributed by atoms with van der Waals surface area (Å²) in [5.74, 6) is 0. The van der Waals surface area contributed by atoms with E-state index in [4.69, 9.17) is 38.2 Å². The zero-order chi connectivity index (χ0) is 21.8. The van der Waals surface area contributed by atoms with Gasteiger partial charge in [0.15, 0.2) is 0 Å². The zero-order valence-corrected chi connectivity index (χ0v) is 21.3. The second kappa shape index (κ2) is 14.2. The van der Waals surface area contributed by atoms with Crippen LogP contribution in [0.1, 0.15) is 33.1 Å². The predicted molar refractivity (Wildman–Crippen MR) is 114 cm³/mol. The minimum atomic E-state index is -2.70. The van der Waals surface area contributed by atoms with Gasteiger partial charge < -0.3 is 31.5 Å². The summed E-state index contributed by atoms with van der Waals surface area (Å²) in [6, 6.07) is 0. The Labute approximate surface area is 177 Å². The van der Waals surface area contributed by atoms with Crippen LogP contribution in [0.4, 0.5) is 0 Å². The molecule has 0 heterocycles. The summed E-state index contributed by atoms with van der Waals surface area (Å²) in [4.78, 5) is 13.5. The Morgan fingerprint density at radius 3 is 1.32 bits per heavy atom. The standard InChI is InChI=1S/C17H38ClNO7Si2/c1-15(27(21-3,22-4)23-5)9-12-19(14-11-17(18)20)13-10-16(2)28(24-6,25-7)26-8/h15-16H,9-14H2,1-8H3. The van der Waals surface area contributed by atoms with Gasteiger partial charge >= 0.3 is 17.6 Å². The summed E-state index contributed by atoms with van der Waals surface area (Å²) in [6.45, 7) is 6.25. The molecule has 0 aromatic heterocycles. The molecular weight excluding hydrogens is 422 g/mol. The van der Waals surface area contributed by atoms with Gasteiger partial charge in [0.05, 0.1) is 0 Å². The number of carbonyl (C=O) groups is 1. The molecular formula is C17H38ClNO7Si2. The van der Waals surface area contributed by atoms with Gasteiger partial charge in [-0.05, 0) is 37.5 Å². The Hall–Kier alpha value is 0.114. The molecule has 0 rings (SSSR count). The first kappa shape index (κ1) is 28.1. The van der Waals surface area contributed by atoms with Gasteiger partial charge in [-0.25, -0.2) is 0 Å². The van der Waals surface area contributed by atoms with Gasteiger partial charge in [-0.15, -0.1) is 0 Å². The van der Waals surface area contributed by atoms with Crippen LogP contribution in [0.5, 0.6) is 0 Å². The Kier molecular flexibility index (Phi) is 14.2. The Morgan fingerprint density at radius 1 is 0.750 bits per heavy atom. The van der Waals surface area contributed by atoms with Crippen molar-refractivity contribution in [3.05, 3.63) is 0 Å². The normalized spacial score (nSPS) is 15.1. The highest BCUT2D eigenvalue weighted by Gasteiger charge is 2.45. The molecule has 0 fully saturated rings. The van der Waals surface area contributed by atoms with Crippen LogP contribution < -0.4 is 0 Å². The van der Waals surface area contributed by atoms with Crippen molar-refractivity contribution in [3.63, 3.8) is 0 Å². The van der Waals surface area contributed by atoms with E-state index in [0.717, 1.165) is 25.9 Å². The topological polar surface area (TPSA) is 75.7 Å². The van der Waals surface area contributed by atoms with Crippen LogP contribution in [-0.4, -0.2) is 90.0 Å². The largest absolute Gasteiger partial charge is 0.503 e. The lowest BCUT2D eigenvalue weighted by atomic mass is 10.2. The van der Waals surface area contributed by atoms with Crippen molar-refractivity contribution in [1.29, 1.82) is 0 Å². The number of halogens is 1. The number of rotatable bonds is 17. The molecule has 0 radical (unpaired) electrons. The highest BCUT2D eigenvalue weighted by atomic mass is 35.5. The zero-order valence-electron chi connectivity index (χ0n) is 18.6. The molecule has 0 spiro atoms. The molecule has 11 heteroatoms. The number of hydrogen-bond acceptors (Lipinski definition) is 8. The summed E-state index contributed by atoms with van der Waals surface area (Å²) >= 11 is 5.56. The lowest BCUT2D eigenvalue weighted by Gasteiger charge is -2.33. The second-order valence-corrected chi connectivity index (χ2v) is 14.0. The van der Waals surface area contributed by atoms with Crippen molar-refractivity contribution < 1.29 is 31.4 Å². The van der Waals surface area contributed by atoms with Crippen molar-refractivity contribution in [2.24, 2.45) is 0 Å². The van der Waals surface area contributed by atoms with Crippen LogP contribution in [0.3, 0.4) is 0 Å². The third-order valence-electron chi connectivity index (χ3n) is 5.30. The summed E-state index contributed by atoms with van der Waals surface area (Å²) in [5, 5.41) is -0.338. The molecule has 0 aromatic carbocycles. The molecule has 168 valence electrons. The average molecular weight is 460 g/mol. The first-order valence-electron chi connectivity index (χ1n) is 9.42. The van der Waals surface area contributed by atoms with E-state index in [0.29, 0.717) is 13.0 Å². The highest BCUT2D eigenvalue weighted by molar-refractivity contribution is 6.63. The van der Waals surface area contributed by atoms with Crippen LogP contribution in [0.15, 0.2) is 0 Å². The lowest BCUT2D eigenvalue weighted by Crippen LogP contribution is -2.48. The van der Waals surface area contributed by atoms with Crippen LogP contribution in [0.25, 0.3) is 0 Å².